The minimum absolute atomic E-state index is 0.0720. The zero-order valence-corrected chi connectivity index (χ0v) is 14.9. The Hall–Kier alpha value is -2.40. The number of amides is 1. The molecule has 1 aliphatic rings. The summed E-state index contributed by atoms with van der Waals surface area (Å²) in [6.07, 6.45) is 3.53. The van der Waals surface area contributed by atoms with Gasteiger partial charge in [-0.25, -0.2) is 4.98 Å². The van der Waals surface area contributed by atoms with Crippen LogP contribution in [0, 0.1) is 6.92 Å². The first-order valence-electron chi connectivity index (χ1n) is 8.37. The molecule has 2 aromatic heterocycles. The molecule has 1 aromatic carbocycles. The fourth-order valence-electron chi connectivity index (χ4n) is 3.44. The van der Waals surface area contributed by atoms with Gasteiger partial charge in [-0.05, 0) is 49.4 Å². The van der Waals surface area contributed by atoms with Crippen molar-refractivity contribution < 1.29 is 4.79 Å². The van der Waals surface area contributed by atoms with Crippen molar-refractivity contribution >= 4 is 28.5 Å². The number of pyridine rings is 1. The van der Waals surface area contributed by atoms with E-state index in [1.54, 1.807) is 10.9 Å². The van der Waals surface area contributed by atoms with Crippen molar-refractivity contribution in [3.05, 3.63) is 58.4 Å². The van der Waals surface area contributed by atoms with Crippen molar-refractivity contribution in [2.75, 3.05) is 0 Å². The van der Waals surface area contributed by atoms with Crippen molar-refractivity contribution in [3.63, 3.8) is 0 Å². The van der Waals surface area contributed by atoms with E-state index < -0.39 is 0 Å². The maximum atomic E-state index is 12.5. The monoisotopic (exact) mass is 354 g/mol. The summed E-state index contributed by atoms with van der Waals surface area (Å²) in [4.78, 5) is 16.9. The Labute approximate surface area is 151 Å². The lowest BCUT2D eigenvalue weighted by molar-refractivity contribution is 0.0908. The van der Waals surface area contributed by atoms with Crippen LogP contribution in [0.4, 0.5) is 0 Å². The number of halogens is 1. The molecule has 5 nitrogen and oxygen atoms in total. The van der Waals surface area contributed by atoms with Crippen molar-refractivity contribution in [1.29, 1.82) is 0 Å². The summed E-state index contributed by atoms with van der Waals surface area (Å²) in [5.41, 5.74) is 3.54. The van der Waals surface area contributed by atoms with Crippen LogP contribution in [0.5, 0.6) is 0 Å². The number of hydrogen-bond donors (Lipinski definition) is 1. The summed E-state index contributed by atoms with van der Waals surface area (Å²) in [6, 6.07) is 10.0. The van der Waals surface area contributed by atoms with E-state index >= 15 is 0 Å². The van der Waals surface area contributed by atoms with Gasteiger partial charge in [0.25, 0.3) is 5.91 Å². The second-order valence-electron chi connectivity index (χ2n) is 6.69. The fraction of sp³-hybridized carbons (Fsp3) is 0.316. The zero-order chi connectivity index (χ0) is 17.6. The Morgan fingerprint density at radius 2 is 2.00 bits per heavy atom. The molecule has 3 aromatic rings. The number of nitrogens with one attached hydrogen (secondary N) is 1. The minimum Gasteiger partial charge on any atom is -0.349 e. The van der Waals surface area contributed by atoms with Gasteiger partial charge < -0.3 is 5.32 Å². The van der Waals surface area contributed by atoms with Crippen molar-refractivity contribution in [1.82, 2.24) is 20.1 Å². The van der Waals surface area contributed by atoms with Crippen molar-refractivity contribution in [3.8, 4) is 0 Å². The first kappa shape index (κ1) is 16.1. The summed E-state index contributed by atoms with van der Waals surface area (Å²) in [6.45, 7) is 1.92. The molecule has 1 saturated carbocycles. The molecule has 4 rings (SSSR count). The van der Waals surface area contributed by atoms with Gasteiger partial charge in [0.1, 0.15) is 0 Å². The van der Waals surface area contributed by atoms with Gasteiger partial charge >= 0.3 is 0 Å². The summed E-state index contributed by atoms with van der Waals surface area (Å²) in [7, 11) is 1.85. The quantitative estimate of drug-likeness (QED) is 0.781. The fourth-order valence-corrected chi connectivity index (χ4v) is 3.57. The van der Waals surface area contributed by atoms with Gasteiger partial charge in [0.15, 0.2) is 5.65 Å². The van der Waals surface area contributed by atoms with Crippen LogP contribution in [0.3, 0.4) is 0 Å². The number of nitrogens with zero attached hydrogens (tertiary/aromatic N) is 3. The molecular weight excluding hydrogens is 336 g/mol. The normalized spacial score (nSPS) is 19.6. The highest BCUT2D eigenvalue weighted by Crippen LogP contribution is 2.37. The lowest BCUT2D eigenvalue weighted by Gasteiger charge is -2.36. The first-order valence-corrected chi connectivity index (χ1v) is 8.75. The Kier molecular flexibility index (Phi) is 3.96. The van der Waals surface area contributed by atoms with E-state index in [0.29, 0.717) is 11.5 Å². The highest BCUT2D eigenvalue weighted by atomic mass is 35.5. The van der Waals surface area contributed by atoms with Crippen LogP contribution in [0.1, 0.15) is 40.4 Å². The van der Waals surface area contributed by atoms with Crippen LogP contribution >= 0.6 is 11.6 Å². The second-order valence-corrected chi connectivity index (χ2v) is 7.13. The molecule has 6 heteroatoms. The third-order valence-corrected chi connectivity index (χ3v) is 5.19. The van der Waals surface area contributed by atoms with Crippen LogP contribution in [0.25, 0.3) is 11.0 Å². The third-order valence-electron chi connectivity index (χ3n) is 4.94. The van der Waals surface area contributed by atoms with E-state index in [2.05, 4.69) is 27.5 Å². The molecule has 25 heavy (non-hydrogen) atoms. The molecule has 0 bridgehead atoms. The summed E-state index contributed by atoms with van der Waals surface area (Å²) in [5.74, 6) is 0.418. The second kappa shape index (κ2) is 6.15. The Morgan fingerprint density at radius 3 is 2.72 bits per heavy atom. The third kappa shape index (κ3) is 3.00. The van der Waals surface area contributed by atoms with E-state index in [9.17, 15) is 4.79 Å². The number of carbonyl (C=O) groups excluding carboxylic acids is 1. The molecule has 1 aliphatic carbocycles. The summed E-state index contributed by atoms with van der Waals surface area (Å²) in [5, 5.41) is 9.11. The molecule has 0 unspecified atom stereocenters. The standard InChI is InChI=1S/C19H19ClN4O/c1-11-17-9-14(10-21-18(17)24(2)23-11)19(25)22-16-7-13(8-16)12-3-5-15(20)6-4-12/h3-6,9-10,13,16H,7-8H2,1-2H3,(H,22,25). The average molecular weight is 355 g/mol. The number of aromatic nitrogens is 3. The van der Waals surface area contributed by atoms with Gasteiger partial charge in [-0.1, -0.05) is 23.7 Å². The lowest BCUT2D eigenvalue weighted by Crippen LogP contribution is -2.43. The topological polar surface area (TPSA) is 59.8 Å². The number of carbonyl (C=O) groups is 1. The smallest absolute Gasteiger partial charge is 0.253 e. The van der Waals surface area contributed by atoms with Gasteiger partial charge in [0.2, 0.25) is 0 Å². The van der Waals surface area contributed by atoms with Crippen LogP contribution in [0.2, 0.25) is 5.02 Å². The van der Waals surface area contributed by atoms with Crippen LogP contribution in [-0.4, -0.2) is 26.7 Å². The maximum absolute atomic E-state index is 12.5. The molecule has 1 N–H and O–H groups in total. The molecule has 0 atom stereocenters. The van der Waals surface area contributed by atoms with Gasteiger partial charge in [0, 0.05) is 29.7 Å². The number of benzene rings is 1. The molecule has 0 spiro atoms. The van der Waals surface area contributed by atoms with E-state index in [0.717, 1.165) is 34.6 Å². The molecular formula is C19H19ClN4O. The highest BCUT2D eigenvalue weighted by molar-refractivity contribution is 6.30. The van der Waals surface area contributed by atoms with E-state index in [1.807, 2.05) is 32.2 Å². The Balaban J connectivity index is 1.41. The number of hydrogen-bond acceptors (Lipinski definition) is 3. The van der Waals surface area contributed by atoms with Crippen molar-refractivity contribution in [2.24, 2.45) is 7.05 Å². The predicted molar refractivity (Wildman–Crippen MR) is 97.9 cm³/mol. The van der Waals surface area contributed by atoms with E-state index in [1.165, 1.54) is 5.56 Å². The molecule has 0 aliphatic heterocycles. The SMILES string of the molecule is Cc1nn(C)c2ncc(C(=O)NC3CC(c4ccc(Cl)cc4)C3)cc12. The zero-order valence-electron chi connectivity index (χ0n) is 14.2. The van der Waals surface area contributed by atoms with Gasteiger partial charge in [0.05, 0.1) is 11.3 Å². The van der Waals surface area contributed by atoms with Gasteiger partial charge in [-0.15, -0.1) is 0 Å². The number of aryl methyl sites for hydroxylation is 2. The first-order chi connectivity index (χ1) is 12.0. The largest absolute Gasteiger partial charge is 0.349 e. The molecule has 0 saturated heterocycles. The van der Waals surface area contributed by atoms with Crippen molar-refractivity contribution in [2.45, 2.75) is 31.7 Å². The lowest BCUT2D eigenvalue weighted by atomic mass is 9.76. The Morgan fingerprint density at radius 1 is 1.28 bits per heavy atom. The average Bonchev–Trinajstić information content (AvgIpc) is 2.85. The minimum atomic E-state index is -0.0720. The van der Waals surface area contributed by atoms with Crippen LogP contribution in [0.15, 0.2) is 36.5 Å². The molecule has 0 radical (unpaired) electrons. The van der Waals surface area contributed by atoms with Gasteiger partial charge in [-0.3, -0.25) is 9.48 Å². The molecule has 1 amide bonds. The summed E-state index contributed by atoms with van der Waals surface area (Å²) >= 11 is 5.93. The molecule has 128 valence electrons. The van der Waals surface area contributed by atoms with Crippen LogP contribution in [-0.2, 0) is 7.05 Å². The van der Waals surface area contributed by atoms with E-state index in [-0.39, 0.29) is 11.9 Å². The highest BCUT2D eigenvalue weighted by Gasteiger charge is 2.31. The van der Waals surface area contributed by atoms with E-state index in [4.69, 9.17) is 11.6 Å². The maximum Gasteiger partial charge on any atom is 0.253 e. The predicted octanol–water partition coefficient (Wildman–Crippen LogP) is 3.61. The molecule has 2 heterocycles. The number of rotatable bonds is 3. The molecule has 1 fully saturated rings. The Bertz CT molecular complexity index is 942. The summed E-state index contributed by atoms with van der Waals surface area (Å²) < 4.78 is 1.73. The van der Waals surface area contributed by atoms with Gasteiger partial charge in [-0.2, -0.15) is 5.10 Å². The van der Waals surface area contributed by atoms with Crippen LogP contribution < -0.4 is 5.32 Å². The number of fused-ring (bicyclic) bond motifs is 1.